The van der Waals surface area contributed by atoms with E-state index in [9.17, 15) is 22.8 Å². The van der Waals surface area contributed by atoms with Crippen molar-refractivity contribution in [3.63, 3.8) is 0 Å². The van der Waals surface area contributed by atoms with Gasteiger partial charge in [0.15, 0.2) is 5.82 Å². The number of imidazole rings is 1. The number of aryl methyl sites for hydroxylation is 1. The highest BCUT2D eigenvalue weighted by Gasteiger charge is 2.38. The zero-order chi connectivity index (χ0) is 23.5. The molecule has 0 radical (unpaired) electrons. The molecule has 0 saturated heterocycles. The number of hydrogen-bond acceptors (Lipinski definition) is 6. The van der Waals surface area contributed by atoms with Crippen molar-refractivity contribution in [3.05, 3.63) is 58.6 Å². The van der Waals surface area contributed by atoms with E-state index in [1.165, 1.54) is 0 Å². The summed E-state index contributed by atoms with van der Waals surface area (Å²) in [7, 11) is 1.92. The molecule has 170 valence electrons. The maximum absolute atomic E-state index is 12.9. The summed E-state index contributed by atoms with van der Waals surface area (Å²) < 4.78 is 38.2. The first-order chi connectivity index (χ1) is 15.1. The third-order valence-corrected chi connectivity index (χ3v) is 4.57. The fourth-order valence-electron chi connectivity index (χ4n) is 2.74. The van der Waals surface area contributed by atoms with Gasteiger partial charge in [0, 0.05) is 36.6 Å². The van der Waals surface area contributed by atoms with Gasteiger partial charge < -0.3 is 14.6 Å². The second-order valence-corrected chi connectivity index (χ2v) is 6.94. The molecular formula is C19H18F3N5O5. The highest BCUT2D eigenvalue weighted by Crippen LogP contribution is 2.30. The Balaban J connectivity index is 0.000000360. The van der Waals surface area contributed by atoms with Gasteiger partial charge in [0.1, 0.15) is 5.82 Å². The summed E-state index contributed by atoms with van der Waals surface area (Å²) in [5.41, 5.74) is 1.28. The number of aromatic nitrogens is 4. The normalized spacial score (nSPS) is 13.2. The molecule has 1 saturated carbocycles. The van der Waals surface area contributed by atoms with Gasteiger partial charge in [0.25, 0.3) is 5.91 Å². The number of carbonyl (C=O) groups is 2. The van der Waals surface area contributed by atoms with Crippen LogP contribution in [0.4, 0.5) is 13.2 Å². The van der Waals surface area contributed by atoms with E-state index >= 15 is 0 Å². The molecule has 1 aromatic carbocycles. The summed E-state index contributed by atoms with van der Waals surface area (Å²) >= 11 is 0. The number of hydrogen-bond donors (Lipinski definition) is 2. The van der Waals surface area contributed by atoms with Crippen molar-refractivity contribution in [2.45, 2.75) is 31.6 Å². The molecule has 0 bridgehead atoms. The van der Waals surface area contributed by atoms with Crippen molar-refractivity contribution in [1.82, 2.24) is 24.6 Å². The third kappa shape index (κ3) is 5.62. The van der Waals surface area contributed by atoms with Gasteiger partial charge >= 0.3 is 17.9 Å². The minimum atomic E-state index is -5.08. The van der Waals surface area contributed by atoms with Gasteiger partial charge in [-0.3, -0.25) is 14.3 Å². The van der Waals surface area contributed by atoms with Crippen molar-refractivity contribution in [3.8, 4) is 11.4 Å². The lowest BCUT2D eigenvalue weighted by Gasteiger charge is -2.22. The smallest absolute Gasteiger partial charge is 0.475 e. The first-order valence-electron chi connectivity index (χ1n) is 9.30. The summed E-state index contributed by atoms with van der Waals surface area (Å²) in [5.74, 6) is -2.18. The Morgan fingerprint density at radius 3 is 2.34 bits per heavy atom. The van der Waals surface area contributed by atoms with Gasteiger partial charge in [-0.1, -0.05) is 17.3 Å². The number of rotatable bonds is 5. The number of benzene rings is 1. The fourth-order valence-corrected chi connectivity index (χ4v) is 2.74. The number of aromatic amines is 1. The fraction of sp³-hybridized carbons (Fsp3) is 0.316. The van der Waals surface area contributed by atoms with Crippen LogP contribution in [-0.4, -0.2) is 53.8 Å². The molecule has 1 aliphatic rings. The molecule has 2 aromatic heterocycles. The number of alkyl halides is 3. The molecule has 2 heterocycles. The number of aliphatic carboxylic acids is 1. The number of H-pyrrole nitrogens is 1. The van der Waals surface area contributed by atoms with Crippen molar-refractivity contribution < 1.29 is 32.4 Å². The molecule has 1 aliphatic carbocycles. The molecule has 1 fully saturated rings. The molecule has 1 amide bonds. The Morgan fingerprint density at radius 2 is 1.91 bits per heavy atom. The maximum atomic E-state index is 12.9. The monoisotopic (exact) mass is 453 g/mol. The summed E-state index contributed by atoms with van der Waals surface area (Å²) in [4.78, 5) is 41.5. The average molecular weight is 453 g/mol. The minimum Gasteiger partial charge on any atom is -0.475 e. The molecule has 0 aliphatic heterocycles. The molecule has 0 atom stereocenters. The Morgan fingerprint density at radius 1 is 1.28 bits per heavy atom. The lowest BCUT2D eigenvalue weighted by Crippen LogP contribution is -2.33. The number of carbonyl (C=O) groups excluding carboxylic acids is 1. The minimum absolute atomic E-state index is 0.0225. The van der Waals surface area contributed by atoms with E-state index in [1.807, 2.05) is 22.7 Å². The van der Waals surface area contributed by atoms with E-state index < -0.39 is 17.9 Å². The number of amides is 1. The van der Waals surface area contributed by atoms with Crippen LogP contribution in [0.1, 0.15) is 29.0 Å². The van der Waals surface area contributed by atoms with E-state index in [0.29, 0.717) is 23.5 Å². The lowest BCUT2D eigenvalue weighted by molar-refractivity contribution is -0.192. The molecule has 3 aromatic rings. The Labute approximate surface area is 178 Å². The molecule has 32 heavy (non-hydrogen) atoms. The van der Waals surface area contributed by atoms with Gasteiger partial charge in [0.2, 0.25) is 0 Å². The second kappa shape index (κ2) is 9.08. The number of halogens is 3. The van der Waals surface area contributed by atoms with E-state index in [4.69, 9.17) is 9.90 Å². The summed E-state index contributed by atoms with van der Waals surface area (Å²) in [5, 5.41) is 10.8. The Hall–Kier alpha value is -3.90. The summed E-state index contributed by atoms with van der Waals surface area (Å²) in [6.07, 6.45) is 0.569. The van der Waals surface area contributed by atoms with Crippen LogP contribution in [-0.2, 0) is 18.4 Å². The van der Waals surface area contributed by atoms with Crippen LogP contribution >= 0.6 is 0 Å². The number of nitrogens with one attached hydrogen (secondary N) is 1. The van der Waals surface area contributed by atoms with Crippen LogP contribution < -0.4 is 5.76 Å². The maximum Gasteiger partial charge on any atom is 0.490 e. The van der Waals surface area contributed by atoms with E-state index in [-0.39, 0.29) is 11.9 Å². The highest BCUT2D eigenvalue weighted by atomic mass is 19.4. The zero-order valence-corrected chi connectivity index (χ0v) is 16.7. The molecule has 0 unspecified atom stereocenters. The van der Waals surface area contributed by atoms with Gasteiger partial charge in [-0.2, -0.15) is 13.2 Å². The number of carboxylic acids is 1. The van der Waals surface area contributed by atoms with Crippen LogP contribution in [0.25, 0.3) is 11.4 Å². The predicted octanol–water partition coefficient (Wildman–Crippen LogP) is 2.20. The largest absolute Gasteiger partial charge is 0.490 e. The van der Waals surface area contributed by atoms with E-state index in [1.54, 1.807) is 30.5 Å². The van der Waals surface area contributed by atoms with Crippen LogP contribution in [0.3, 0.4) is 0 Å². The van der Waals surface area contributed by atoms with Crippen molar-refractivity contribution in [2.75, 3.05) is 0 Å². The summed E-state index contributed by atoms with van der Waals surface area (Å²) in [6, 6.07) is 7.23. The van der Waals surface area contributed by atoms with Crippen LogP contribution in [0.15, 0.2) is 46.0 Å². The van der Waals surface area contributed by atoms with Crippen LogP contribution in [0.5, 0.6) is 0 Å². The van der Waals surface area contributed by atoms with E-state index in [2.05, 4.69) is 19.6 Å². The first kappa shape index (κ1) is 22.8. The third-order valence-electron chi connectivity index (χ3n) is 4.57. The number of carboxylic acid groups (broad SMARTS) is 1. The molecular weight excluding hydrogens is 435 g/mol. The average Bonchev–Trinajstić information content (AvgIpc) is 3.36. The predicted molar refractivity (Wildman–Crippen MR) is 102 cm³/mol. The van der Waals surface area contributed by atoms with E-state index in [0.717, 1.165) is 18.7 Å². The Bertz CT molecular complexity index is 1150. The SMILES string of the molecule is Cn1ccnc1CN(C(=O)c1ccc(-c2noc(=O)[nH]2)cc1)C1CC1.O=C(O)C(F)(F)F. The Kier molecular flexibility index (Phi) is 6.46. The van der Waals surface area contributed by atoms with Gasteiger partial charge in [-0.25, -0.2) is 14.6 Å². The molecule has 13 heteroatoms. The van der Waals surface area contributed by atoms with Crippen molar-refractivity contribution in [1.29, 1.82) is 0 Å². The van der Waals surface area contributed by atoms with Crippen molar-refractivity contribution in [2.24, 2.45) is 7.05 Å². The first-order valence-corrected chi connectivity index (χ1v) is 9.30. The molecule has 4 rings (SSSR count). The van der Waals surface area contributed by atoms with Crippen molar-refractivity contribution >= 4 is 11.9 Å². The van der Waals surface area contributed by atoms with Gasteiger partial charge in [0.05, 0.1) is 6.54 Å². The molecule has 10 nitrogen and oxygen atoms in total. The standard InChI is InChI=1S/C17H17N5O3.C2HF3O2/c1-21-9-8-18-14(21)10-22(13-6-7-13)16(23)12-4-2-11(3-5-12)15-19-17(24)25-20-15;3-2(4,5)1(6)7/h2-5,8-9,13H,6-7,10H2,1H3,(H,19,20,24);(H,6,7). The topological polar surface area (TPSA) is 134 Å². The van der Waals surface area contributed by atoms with Gasteiger partial charge in [-0.05, 0) is 25.0 Å². The molecule has 0 spiro atoms. The zero-order valence-electron chi connectivity index (χ0n) is 16.7. The summed E-state index contributed by atoms with van der Waals surface area (Å²) in [6.45, 7) is 0.491. The van der Waals surface area contributed by atoms with Gasteiger partial charge in [-0.15, -0.1) is 0 Å². The number of nitrogens with zero attached hydrogens (tertiary/aromatic N) is 4. The molecule has 2 N–H and O–H groups in total. The van der Waals surface area contributed by atoms with Crippen LogP contribution in [0, 0.1) is 0 Å². The van der Waals surface area contributed by atoms with Crippen LogP contribution in [0.2, 0.25) is 0 Å². The highest BCUT2D eigenvalue weighted by molar-refractivity contribution is 5.95. The lowest BCUT2D eigenvalue weighted by atomic mass is 10.1. The second-order valence-electron chi connectivity index (χ2n) is 6.94. The quantitative estimate of drug-likeness (QED) is 0.605.